The molecule has 2 aromatic rings. The van der Waals surface area contributed by atoms with Crippen molar-refractivity contribution in [2.24, 2.45) is 5.16 Å². The minimum Gasteiger partial charge on any atom is -0.457 e. The number of rotatable bonds is 12. The van der Waals surface area contributed by atoms with Crippen LogP contribution in [0.5, 0.6) is 0 Å². The molecule has 14 nitrogen and oxygen atoms in total. The van der Waals surface area contributed by atoms with Crippen LogP contribution in [0.15, 0.2) is 52.4 Å². The van der Waals surface area contributed by atoms with E-state index in [-0.39, 0.29) is 35.8 Å². The summed E-state index contributed by atoms with van der Waals surface area (Å²) in [4.78, 5) is 60.6. The molecule has 2 aliphatic heterocycles. The number of esters is 1. The minimum absolute atomic E-state index is 0.00215. The molecule has 4 N–H and O–H groups in total. The molecule has 2 amide bonds. The number of amides is 2. The fourth-order valence-electron chi connectivity index (χ4n) is 4.20. The van der Waals surface area contributed by atoms with E-state index in [1.165, 1.54) is 22.0 Å². The largest absolute Gasteiger partial charge is 0.508 e. The van der Waals surface area contributed by atoms with Crippen molar-refractivity contribution in [1.82, 2.24) is 20.2 Å². The van der Waals surface area contributed by atoms with Crippen LogP contribution < -0.4 is 11.1 Å². The highest BCUT2D eigenvalue weighted by Crippen LogP contribution is 2.41. The fourth-order valence-corrected chi connectivity index (χ4v) is 6.07. The number of hydrogen-bond donors (Lipinski definition) is 3. The van der Waals surface area contributed by atoms with Crippen molar-refractivity contribution in [1.29, 1.82) is 0 Å². The minimum atomic E-state index is -1.01. The number of carbonyl (C=O) groups is 4. The van der Waals surface area contributed by atoms with E-state index in [9.17, 15) is 24.4 Å². The number of carbonyl (C=O) groups excluding carboxylic acids is 4. The molecule has 4 rings (SSSR count). The first-order valence-electron chi connectivity index (χ1n) is 13.3. The molecule has 0 aromatic carbocycles. The number of nitrogens with one attached hydrogen (secondary N) is 1. The van der Waals surface area contributed by atoms with Crippen LogP contribution in [0.1, 0.15) is 37.9 Å². The smallest absolute Gasteiger partial charge is 0.457 e. The first-order valence-corrected chi connectivity index (χ1v) is 15.2. The lowest BCUT2D eigenvalue weighted by Gasteiger charge is -2.49. The summed E-state index contributed by atoms with van der Waals surface area (Å²) >= 11 is 2.39. The SMILES string of the molecule is CCC(CC)OC(=O)OCCOC(=O)C1=C(/C=C\c2cccnc2)CS[C@H]2[C@H](NC(=O)C(=NO)c3csc(N)n3)C(=O)N12. The lowest BCUT2D eigenvalue weighted by Crippen LogP contribution is -2.71. The first kappa shape index (κ1) is 31.5. The number of nitrogens with two attached hydrogens (primary N) is 1. The molecule has 2 atom stereocenters. The zero-order chi connectivity index (χ0) is 30.9. The van der Waals surface area contributed by atoms with E-state index in [0.717, 1.165) is 16.9 Å². The Bertz CT molecular complexity index is 1440. The maximum absolute atomic E-state index is 13.3. The van der Waals surface area contributed by atoms with Gasteiger partial charge in [0.2, 0.25) is 0 Å². The van der Waals surface area contributed by atoms with Crippen LogP contribution >= 0.6 is 23.1 Å². The Labute approximate surface area is 255 Å². The molecule has 0 unspecified atom stereocenters. The number of ether oxygens (including phenoxy) is 3. The Hall–Kier alpha value is -4.44. The second-order valence-electron chi connectivity index (χ2n) is 9.16. The number of nitrogen functional groups attached to an aromatic ring is 1. The Morgan fingerprint density at radius 1 is 1.26 bits per heavy atom. The molecule has 1 fully saturated rings. The number of thioether (sulfide) groups is 1. The average Bonchev–Trinajstić information content (AvgIpc) is 3.45. The third-order valence-electron chi connectivity index (χ3n) is 6.43. The average molecular weight is 631 g/mol. The van der Waals surface area contributed by atoms with Crippen molar-refractivity contribution in [3.05, 3.63) is 58.5 Å². The molecule has 0 bridgehead atoms. The van der Waals surface area contributed by atoms with E-state index in [4.69, 9.17) is 19.9 Å². The molecule has 2 aliphatic rings. The van der Waals surface area contributed by atoms with Gasteiger partial charge in [-0.05, 0) is 30.0 Å². The second-order valence-corrected chi connectivity index (χ2v) is 11.2. The molecule has 0 saturated carbocycles. The predicted octanol–water partition coefficient (Wildman–Crippen LogP) is 2.55. The number of fused-ring (bicyclic) bond motifs is 1. The summed E-state index contributed by atoms with van der Waals surface area (Å²) in [7, 11) is 0. The normalized spacial score (nSPS) is 18.3. The summed E-state index contributed by atoms with van der Waals surface area (Å²) in [6.07, 6.45) is 6.87. The highest BCUT2D eigenvalue weighted by atomic mass is 32.2. The van der Waals surface area contributed by atoms with E-state index < -0.39 is 41.1 Å². The molecule has 16 heteroatoms. The fraction of sp³-hybridized carbons (Fsp3) is 0.370. The van der Waals surface area contributed by atoms with Crippen molar-refractivity contribution in [3.63, 3.8) is 0 Å². The maximum Gasteiger partial charge on any atom is 0.508 e. The molecule has 0 spiro atoms. The van der Waals surface area contributed by atoms with E-state index >= 15 is 0 Å². The van der Waals surface area contributed by atoms with Crippen LogP contribution in [0.4, 0.5) is 9.93 Å². The molecular formula is C27H30N6O8S2. The van der Waals surface area contributed by atoms with Crippen LogP contribution in [0, 0.1) is 0 Å². The molecule has 0 aliphatic carbocycles. The van der Waals surface area contributed by atoms with Gasteiger partial charge in [0.15, 0.2) is 10.8 Å². The number of thiazole rings is 1. The second kappa shape index (κ2) is 14.6. The lowest BCUT2D eigenvalue weighted by atomic mass is 10.0. The van der Waals surface area contributed by atoms with Gasteiger partial charge in [-0.25, -0.2) is 14.6 Å². The summed E-state index contributed by atoms with van der Waals surface area (Å²) in [5.41, 5.74) is 6.55. The summed E-state index contributed by atoms with van der Waals surface area (Å²) in [5.74, 6) is -1.89. The van der Waals surface area contributed by atoms with Gasteiger partial charge in [-0.3, -0.25) is 19.5 Å². The van der Waals surface area contributed by atoms with E-state index in [1.807, 2.05) is 19.9 Å². The number of pyridine rings is 1. The van der Waals surface area contributed by atoms with Gasteiger partial charge in [0.25, 0.3) is 11.8 Å². The van der Waals surface area contributed by atoms with E-state index in [2.05, 4.69) is 20.4 Å². The number of nitrogens with zero attached hydrogens (tertiary/aromatic N) is 4. The van der Waals surface area contributed by atoms with E-state index in [1.54, 1.807) is 30.6 Å². The van der Waals surface area contributed by atoms with Crippen LogP contribution in [0.25, 0.3) is 6.08 Å². The van der Waals surface area contributed by atoms with Crippen LogP contribution in [0.3, 0.4) is 0 Å². The number of anilines is 1. The van der Waals surface area contributed by atoms with Crippen molar-refractivity contribution < 1.29 is 38.6 Å². The van der Waals surface area contributed by atoms with Crippen molar-refractivity contribution >= 4 is 64.0 Å². The van der Waals surface area contributed by atoms with Gasteiger partial charge in [0.05, 0.1) is 0 Å². The van der Waals surface area contributed by atoms with Gasteiger partial charge >= 0.3 is 12.1 Å². The number of hydrogen-bond acceptors (Lipinski definition) is 14. The Kier molecular flexibility index (Phi) is 10.7. The van der Waals surface area contributed by atoms with Gasteiger partial charge in [0.1, 0.15) is 42.1 Å². The Morgan fingerprint density at radius 3 is 2.67 bits per heavy atom. The summed E-state index contributed by atoms with van der Waals surface area (Å²) in [6, 6.07) is 2.58. The van der Waals surface area contributed by atoms with E-state index in [0.29, 0.717) is 24.2 Å². The van der Waals surface area contributed by atoms with Crippen LogP contribution in [-0.2, 0) is 28.6 Å². The third-order valence-corrected chi connectivity index (χ3v) is 8.40. The van der Waals surface area contributed by atoms with Gasteiger partial charge in [-0.2, -0.15) is 0 Å². The van der Waals surface area contributed by atoms with Gasteiger partial charge < -0.3 is 30.5 Å². The summed E-state index contributed by atoms with van der Waals surface area (Å²) in [6.45, 7) is 3.26. The molecule has 0 radical (unpaired) electrons. The standard InChI is InChI=1S/C27H30N6O8S2/c1-3-17(4-2)41-27(37)40-11-10-39-25(36)21-16(8-7-15-6-5-9-29-12-15)13-42-24-20(23(35)33(21)24)31-22(34)19(32-38)18-14-43-26(28)30-18/h5-9,12,14,17,20,24,38H,3-4,10-11,13H2,1-2H3,(H2,28,30)(H,31,34)/b8-7-,32-19?/t20-,24+/m1/s1. The predicted molar refractivity (Wildman–Crippen MR) is 158 cm³/mol. The molecule has 4 heterocycles. The van der Waals surface area contributed by atoms with Crippen LogP contribution in [0.2, 0.25) is 0 Å². The Balaban J connectivity index is 1.47. The topological polar surface area (TPSA) is 196 Å². The molecule has 228 valence electrons. The van der Waals surface area contributed by atoms with Gasteiger partial charge in [-0.15, -0.1) is 23.1 Å². The van der Waals surface area contributed by atoms with Crippen molar-refractivity contribution in [2.75, 3.05) is 24.7 Å². The molecule has 43 heavy (non-hydrogen) atoms. The summed E-state index contributed by atoms with van der Waals surface area (Å²) < 4.78 is 15.5. The molecular weight excluding hydrogens is 600 g/mol. The maximum atomic E-state index is 13.3. The quantitative estimate of drug-likeness (QED) is 0.0775. The van der Waals surface area contributed by atoms with Crippen molar-refractivity contribution in [2.45, 2.75) is 44.2 Å². The molecule has 1 saturated heterocycles. The zero-order valence-electron chi connectivity index (χ0n) is 23.3. The number of allylic oxidation sites excluding steroid dienone is 1. The first-order chi connectivity index (χ1) is 20.8. The van der Waals surface area contributed by atoms with Gasteiger partial charge in [-0.1, -0.05) is 37.2 Å². The van der Waals surface area contributed by atoms with Crippen molar-refractivity contribution in [3.8, 4) is 0 Å². The lowest BCUT2D eigenvalue weighted by molar-refractivity contribution is -0.153. The number of aromatic nitrogens is 2. The number of oxime groups is 1. The number of β-lactam (4-membered cyclic amide) rings is 1. The Morgan fingerprint density at radius 2 is 2.02 bits per heavy atom. The zero-order valence-corrected chi connectivity index (χ0v) is 24.9. The highest BCUT2D eigenvalue weighted by molar-refractivity contribution is 8.00. The molecule has 2 aromatic heterocycles. The highest BCUT2D eigenvalue weighted by Gasteiger charge is 2.54. The van der Waals surface area contributed by atoms with Gasteiger partial charge in [0, 0.05) is 23.5 Å². The monoisotopic (exact) mass is 630 g/mol. The summed E-state index contributed by atoms with van der Waals surface area (Å²) in [5, 5.41) is 16.0. The van der Waals surface area contributed by atoms with Crippen LogP contribution in [-0.4, -0.2) is 86.2 Å². The third kappa shape index (κ3) is 7.50.